The molecule has 0 fully saturated rings. The molecule has 0 aromatic heterocycles. The lowest BCUT2D eigenvalue weighted by molar-refractivity contribution is 0.620. The van der Waals surface area contributed by atoms with Crippen molar-refractivity contribution < 1.29 is 4.39 Å². The minimum absolute atomic E-state index is 0.165. The predicted molar refractivity (Wildman–Crippen MR) is 50.0 cm³/mol. The molecule has 60 valence electrons. The van der Waals surface area contributed by atoms with E-state index >= 15 is 0 Å². The van der Waals surface area contributed by atoms with Gasteiger partial charge in [-0.3, -0.25) is 0 Å². The third-order valence-electron chi connectivity index (χ3n) is 1.67. The maximum Gasteiger partial charge on any atom is 0.128 e. The van der Waals surface area contributed by atoms with Crippen molar-refractivity contribution in [2.24, 2.45) is 0 Å². The normalized spacial score (nSPS) is 9.82. The lowest BCUT2D eigenvalue weighted by atomic mass is 10.2. The van der Waals surface area contributed by atoms with Crippen molar-refractivity contribution in [2.45, 2.75) is 6.92 Å². The Kier molecular flexibility index (Phi) is 2.45. The molecule has 1 N–H and O–H groups in total. The van der Waals surface area contributed by atoms with Crippen LogP contribution in [0.3, 0.4) is 0 Å². The molecule has 0 amide bonds. The van der Waals surface area contributed by atoms with Gasteiger partial charge in [0.1, 0.15) is 5.82 Å². The van der Waals surface area contributed by atoms with Crippen LogP contribution in [0.1, 0.15) is 5.56 Å². The largest absolute Gasteiger partial charge is 0.388 e. The molecule has 0 aliphatic carbocycles. The number of benzene rings is 1. The summed E-state index contributed by atoms with van der Waals surface area (Å²) in [6, 6.07) is 3.38. The first-order valence-corrected chi connectivity index (χ1v) is 3.96. The summed E-state index contributed by atoms with van der Waals surface area (Å²) in [7, 11) is 4.28. The number of anilines is 1. The molecule has 1 unspecified atom stereocenters. The van der Waals surface area contributed by atoms with Crippen molar-refractivity contribution in [3.8, 4) is 0 Å². The van der Waals surface area contributed by atoms with Crippen molar-refractivity contribution in [1.82, 2.24) is 0 Å². The molecule has 0 bridgehead atoms. The highest BCUT2D eigenvalue weighted by Gasteiger charge is 2.01. The monoisotopic (exact) mass is 171 g/mol. The second-order valence-corrected chi connectivity index (χ2v) is 3.04. The maximum atomic E-state index is 13.0. The Balaban J connectivity index is 3.21. The first-order chi connectivity index (χ1) is 5.15. The van der Waals surface area contributed by atoms with Gasteiger partial charge < -0.3 is 5.32 Å². The van der Waals surface area contributed by atoms with E-state index in [-0.39, 0.29) is 5.82 Å². The fourth-order valence-corrected chi connectivity index (χ4v) is 1.16. The topological polar surface area (TPSA) is 12.0 Å². The van der Waals surface area contributed by atoms with Gasteiger partial charge in [0, 0.05) is 12.7 Å². The van der Waals surface area contributed by atoms with Gasteiger partial charge in [-0.05, 0) is 29.9 Å². The van der Waals surface area contributed by atoms with Crippen LogP contribution in [0, 0.1) is 12.7 Å². The highest BCUT2D eigenvalue weighted by molar-refractivity contribution is 7.27. The number of hydrogen-bond donors (Lipinski definition) is 1. The molecule has 3 heteroatoms. The fraction of sp³-hybridized carbons (Fsp3) is 0.250. The fourth-order valence-electron chi connectivity index (χ4n) is 0.844. The van der Waals surface area contributed by atoms with Crippen LogP contribution in [0.5, 0.6) is 0 Å². The molecule has 1 rings (SSSR count). The molecule has 0 heterocycles. The van der Waals surface area contributed by atoms with E-state index < -0.39 is 0 Å². The summed E-state index contributed by atoms with van der Waals surface area (Å²) in [5, 5.41) is 3.78. The standard InChI is InChI=1S/C8H11FNP/c1-5-7(9)3-6(10-2)4-8(5)11/h3-4,10H,11H2,1-2H3. The first-order valence-electron chi connectivity index (χ1n) is 3.38. The van der Waals surface area contributed by atoms with E-state index in [1.54, 1.807) is 14.0 Å². The van der Waals surface area contributed by atoms with E-state index in [1.807, 2.05) is 6.07 Å². The van der Waals surface area contributed by atoms with Gasteiger partial charge in [0.25, 0.3) is 0 Å². The van der Waals surface area contributed by atoms with Gasteiger partial charge in [0.15, 0.2) is 0 Å². The highest BCUT2D eigenvalue weighted by Crippen LogP contribution is 2.12. The third-order valence-corrected chi connectivity index (χ3v) is 2.27. The Morgan fingerprint density at radius 3 is 2.55 bits per heavy atom. The maximum absolute atomic E-state index is 13.0. The summed E-state index contributed by atoms with van der Waals surface area (Å²) in [4.78, 5) is 0. The van der Waals surface area contributed by atoms with E-state index in [0.29, 0.717) is 5.56 Å². The van der Waals surface area contributed by atoms with E-state index in [0.717, 1.165) is 11.0 Å². The zero-order valence-electron chi connectivity index (χ0n) is 6.61. The SMILES string of the molecule is CNc1cc(F)c(C)c(P)c1. The minimum atomic E-state index is -0.165. The average molecular weight is 171 g/mol. The van der Waals surface area contributed by atoms with Crippen molar-refractivity contribution in [3.05, 3.63) is 23.5 Å². The molecule has 1 nitrogen and oxygen atoms in total. The summed E-state index contributed by atoms with van der Waals surface area (Å²) in [5.74, 6) is -0.165. The molecule has 0 saturated carbocycles. The first kappa shape index (κ1) is 8.48. The number of rotatable bonds is 1. The van der Waals surface area contributed by atoms with Gasteiger partial charge in [-0.1, -0.05) is 0 Å². The molecule has 0 saturated heterocycles. The van der Waals surface area contributed by atoms with E-state index in [9.17, 15) is 4.39 Å². The molecule has 1 aromatic carbocycles. The van der Waals surface area contributed by atoms with E-state index in [1.165, 1.54) is 6.07 Å². The second-order valence-electron chi connectivity index (χ2n) is 2.42. The van der Waals surface area contributed by atoms with Crippen LogP contribution >= 0.6 is 9.24 Å². The predicted octanol–water partition coefficient (Wildman–Crippen LogP) is 1.68. The van der Waals surface area contributed by atoms with Gasteiger partial charge in [-0.15, -0.1) is 9.24 Å². The third kappa shape index (κ3) is 1.69. The Bertz CT molecular complexity index is 250. The summed E-state index contributed by atoms with van der Waals surface area (Å²) >= 11 is 0. The number of hydrogen-bond acceptors (Lipinski definition) is 1. The van der Waals surface area contributed by atoms with Crippen LogP contribution in [-0.4, -0.2) is 7.05 Å². The molecule has 1 atom stereocenters. The summed E-state index contributed by atoms with van der Waals surface area (Å²) < 4.78 is 13.0. The summed E-state index contributed by atoms with van der Waals surface area (Å²) in [6.45, 7) is 1.76. The van der Waals surface area contributed by atoms with Crippen LogP contribution in [0.2, 0.25) is 0 Å². The van der Waals surface area contributed by atoms with E-state index in [4.69, 9.17) is 0 Å². The lowest BCUT2D eigenvalue weighted by Crippen LogP contribution is -2.02. The number of halogens is 1. The van der Waals surface area contributed by atoms with Crippen molar-refractivity contribution in [2.75, 3.05) is 12.4 Å². The molecular weight excluding hydrogens is 160 g/mol. The molecular formula is C8H11FNP. The van der Waals surface area contributed by atoms with Gasteiger partial charge in [-0.25, -0.2) is 4.39 Å². The summed E-state index contributed by atoms with van der Waals surface area (Å²) in [5.41, 5.74) is 1.49. The van der Waals surface area contributed by atoms with Crippen LogP contribution in [-0.2, 0) is 0 Å². The second kappa shape index (κ2) is 3.19. The Labute approximate surface area is 68.2 Å². The van der Waals surface area contributed by atoms with Gasteiger partial charge in [0.05, 0.1) is 0 Å². The molecule has 0 aliphatic heterocycles. The van der Waals surface area contributed by atoms with E-state index in [2.05, 4.69) is 14.6 Å². The van der Waals surface area contributed by atoms with Crippen LogP contribution in [0.15, 0.2) is 12.1 Å². The van der Waals surface area contributed by atoms with Crippen molar-refractivity contribution in [3.63, 3.8) is 0 Å². The Morgan fingerprint density at radius 1 is 1.45 bits per heavy atom. The van der Waals surface area contributed by atoms with Crippen molar-refractivity contribution in [1.29, 1.82) is 0 Å². The Morgan fingerprint density at radius 2 is 2.09 bits per heavy atom. The molecule has 0 radical (unpaired) electrons. The lowest BCUT2D eigenvalue weighted by Gasteiger charge is -2.05. The molecule has 11 heavy (non-hydrogen) atoms. The van der Waals surface area contributed by atoms with Crippen LogP contribution < -0.4 is 10.6 Å². The number of nitrogens with one attached hydrogen (secondary N) is 1. The smallest absolute Gasteiger partial charge is 0.128 e. The summed E-state index contributed by atoms with van der Waals surface area (Å²) in [6.07, 6.45) is 0. The van der Waals surface area contributed by atoms with Crippen LogP contribution in [0.25, 0.3) is 0 Å². The minimum Gasteiger partial charge on any atom is -0.388 e. The van der Waals surface area contributed by atoms with Gasteiger partial charge in [0.2, 0.25) is 0 Å². The average Bonchev–Trinajstić information content (AvgIpc) is 1.99. The van der Waals surface area contributed by atoms with Gasteiger partial charge in [-0.2, -0.15) is 0 Å². The molecule has 0 spiro atoms. The quantitative estimate of drug-likeness (QED) is 0.634. The Hall–Kier alpha value is -0.620. The molecule has 0 aliphatic rings. The zero-order valence-corrected chi connectivity index (χ0v) is 7.76. The highest BCUT2D eigenvalue weighted by atomic mass is 31.0. The van der Waals surface area contributed by atoms with Gasteiger partial charge >= 0.3 is 0 Å². The zero-order chi connectivity index (χ0) is 8.43. The molecule has 1 aromatic rings. The van der Waals surface area contributed by atoms with Crippen molar-refractivity contribution >= 4 is 20.2 Å². The van der Waals surface area contributed by atoms with Crippen LogP contribution in [0.4, 0.5) is 10.1 Å².